The minimum absolute atomic E-state index is 0.128. The number of thioether (sulfide) groups is 1. The summed E-state index contributed by atoms with van der Waals surface area (Å²) in [5, 5.41) is 1.82. The predicted octanol–water partition coefficient (Wildman–Crippen LogP) is 3.57. The van der Waals surface area contributed by atoms with Gasteiger partial charge < -0.3 is 5.32 Å². The third-order valence-corrected chi connectivity index (χ3v) is 4.77. The molecule has 1 N–H and O–H groups in total. The largest absolute Gasteiger partial charge is 0.350 e. The van der Waals surface area contributed by atoms with Crippen LogP contribution in [0.5, 0.6) is 0 Å². The number of nitrogens with one attached hydrogen (secondary N) is 1. The maximum absolute atomic E-state index is 13.6. The van der Waals surface area contributed by atoms with E-state index < -0.39 is 40.1 Å². The smallest absolute Gasteiger partial charge is 0.293 e. The van der Waals surface area contributed by atoms with E-state index in [0.29, 0.717) is 5.56 Å². The molecule has 2 aromatic rings. The van der Waals surface area contributed by atoms with E-state index >= 15 is 0 Å². The molecular formula is C19H13F3N2O3S. The molecule has 1 aliphatic rings. The lowest BCUT2D eigenvalue weighted by Crippen LogP contribution is -2.37. The number of rotatable bonds is 5. The Kier molecular flexibility index (Phi) is 5.84. The summed E-state index contributed by atoms with van der Waals surface area (Å²) in [6.45, 7) is -0.259. The molecule has 28 heavy (non-hydrogen) atoms. The second kappa shape index (κ2) is 8.30. The maximum Gasteiger partial charge on any atom is 0.293 e. The van der Waals surface area contributed by atoms with Crippen LogP contribution >= 0.6 is 11.8 Å². The lowest BCUT2D eigenvalue weighted by molar-refractivity contribution is -0.122. The van der Waals surface area contributed by atoms with Crippen LogP contribution in [0.1, 0.15) is 15.9 Å². The van der Waals surface area contributed by atoms with Crippen LogP contribution in [0.2, 0.25) is 0 Å². The predicted molar refractivity (Wildman–Crippen MR) is 97.8 cm³/mol. The Morgan fingerprint density at radius 2 is 1.79 bits per heavy atom. The average molecular weight is 406 g/mol. The Bertz CT molecular complexity index is 977. The zero-order valence-corrected chi connectivity index (χ0v) is 15.1. The average Bonchev–Trinajstić information content (AvgIpc) is 2.93. The van der Waals surface area contributed by atoms with Crippen molar-refractivity contribution in [2.75, 3.05) is 13.1 Å². The summed E-state index contributed by atoms with van der Waals surface area (Å²) < 4.78 is 39.7. The topological polar surface area (TPSA) is 66.5 Å². The Hall–Kier alpha value is -3.07. The van der Waals surface area contributed by atoms with E-state index in [1.54, 1.807) is 0 Å². The van der Waals surface area contributed by atoms with Crippen LogP contribution in [0.15, 0.2) is 47.4 Å². The molecular weight excluding hydrogens is 393 g/mol. The van der Waals surface area contributed by atoms with Gasteiger partial charge in [0.15, 0.2) is 11.6 Å². The quantitative estimate of drug-likeness (QED) is 0.771. The molecule has 0 radical (unpaired) electrons. The van der Waals surface area contributed by atoms with Crippen molar-refractivity contribution >= 4 is 34.9 Å². The fourth-order valence-corrected chi connectivity index (χ4v) is 3.32. The molecule has 0 spiro atoms. The van der Waals surface area contributed by atoms with E-state index in [4.69, 9.17) is 0 Å². The van der Waals surface area contributed by atoms with Crippen LogP contribution in [-0.2, 0) is 4.79 Å². The summed E-state index contributed by atoms with van der Waals surface area (Å²) in [5.41, 5.74) is 0.0899. The van der Waals surface area contributed by atoms with Gasteiger partial charge in [-0.15, -0.1) is 0 Å². The Morgan fingerprint density at radius 1 is 1.07 bits per heavy atom. The second-order valence-corrected chi connectivity index (χ2v) is 6.74. The van der Waals surface area contributed by atoms with Crippen LogP contribution in [0.3, 0.4) is 0 Å². The van der Waals surface area contributed by atoms with Crippen molar-refractivity contribution in [2.45, 2.75) is 0 Å². The van der Waals surface area contributed by atoms with Gasteiger partial charge in [-0.05, 0) is 47.7 Å². The molecule has 0 aromatic heterocycles. The first kappa shape index (κ1) is 19.7. The number of amides is 3. The van der Waals surface area contributed by atoms with Crippen molar-refractivity contribution in [1.82, 2.24) is 10.2 Å². The first-order valence-corrected chi connectivity index (χ1v) is 8.91. The molecule has 1 saturated heterocycles. The molecule has 0 atom stereocenters. The first-order chi connectivity index (χ1) is 13.4. The molecule has 3 amide bonds. The van der Waals surface area contributed by atoms with Gasteiger partial charge in [0.1, 0.15) is 5.82 Å². The van der Waals surface area contributed by atoms with Crippen molar-refractivity contribution in [3.8, 4) is 0 Å². The van der Waals surface area contributed by atoms with Gasteiger partial charge in [-0.2, -0.15) is 0 Å². The second-order valence-electron chi connectivity index (χ2n) is 5.74. The summed E-state index contributed by atoms with van der Waals surface area (Å²) >= 11 is 0.723. The number of nitrogens with zero attached hydrogens (tertiary/aromatic N) is 1. The van der Waals surface area contributed by atoms with E-state index in [0.717, 1.165) is 28.8 Å². The van der Waals surface area contributed by atoms with Crippen molar-refractivity contribution in [3.63, 3.8) is 0 Å². The molecule has 2 aromatic carbocycles. The van der Waals surface area contributed by atoms with Gasteiger partial charge in [0.05, 0.1) is 10.5 Å². The SMILES string of the molecule is O=C(NCCN1C(=O)S/C(=C/c2ccc(F)cc2)C1=O)c1cccc(F)c1F. The number of carbonyl (C=O) groups excluding carboxylic acids is 3. The van der Waals surface area contributed by atoms with Gasteiger partial charge in [0, 0.05) is 13.1 Å². The summed E-state index contributed by atoms with van der Waals surface area (Å²) in [7, 11) is 0. The van der Waals surface area contributed by atoms with E-state index in [2.05, 4.69) is 5.32 Å². The normalized spacial score (nSPS) is 15.4. The molecule has 1 fully saturated rings. The van der Waals surface area contributed by atoms with Crippen LogP contribution < -0.4 is 5.32 Å². The fraction of sp³-hybridized carbons (Fsp3) is 0.105. The Labute approximate surface area is 162 Å². The highest BCUT2D eigenvalue weighted by Gasteiger charge is 2.34. The molecule has 1 aliphatic heterocycles. The zero-order valence-electron chi connectivity index (χ0n) is 14.2. The van der Waals surface area contributed by atoms with Gasteiger partial charge in [-0.25, -0.2) is 13.2 Å². The van der Waals surface area contributed by atoms with Crippen LogP contribution in [0.25, 0.3) is 6.08 Å². The van der Waals surface area contributed by atoms with Crippen molar-refractivity contribution in [3.05, 3.63) is 75.9 Å². The van der Waals surface area contributed by atoms with Gasteiger partial charge >= 0.3 is 0 Å². The Morgan fingerprint density at radius 3 is 2.50 bits per heavy atom. The number of hydrogen-bond donors (Lipinski definition) is 1. The van der Waals surface area contributed by atoms with E-state index in [1.165, 1.54) is 36.4 Å². The van der Waals surface area contributed by atoms with E-state index in [-0.39, 0.29) is 18.0 Å². The third-order valence-electron chi connectivity index (χ3n) is 3.86. The van der Waals surface area contributed by atoms with Crippen molar-refractivity contribution in [2.24, 2.45) is 0 Å². The van der Waals surface area contributed by atoms with Crippen LogP contribution in [0, 0.1) is 17.5 Å². The lowest BCUT2D eigenvalue weighted by Gasteiger charge is -2.13. The third kappa shape index (κ3) is 4.25. The molecule has 9 heteroatoms. The molecule has 0 unspecified atom stereocenters. The number of imide groups is 1. The highest BCUT2D eigenvalue weighted by atomic mass is 32.2. The molecule has 1 heterocycles. The molecule has 144 valence electrons. The molecule has 0 aliphatic carbocycles. The summed E-state index contributed by atoms with van der Waals surface area (Å²) in [4.78, 5) is 37.4. The summed E-state index contributed by atoms with van der Waals surface area (Å²) in [5.74, 6) is -4.25. The van der Waals surface area contributed by atoms with Gasteiger partial charge in [0.2, 0.25) is 0 Å². The number of halogens is 3. The van der Waals surface area contributed by atoms with Gasteiger partial charge in [0.25, 0.3) is 17.1 Å². The number of hydrogen-bond acceptors (Lipinski definition) is 4. The summed E-state index contributed by atoms with van der Waals surface area (Å²) in [6.07, 6.45) is 1.46. The minimum Gasteiger partial charge on any atom is -0.350 e. The number of carbonyl (C=O) groups is 3. The highest BCUT2D eigenvalue weighted by molar-refractivity contribution is 8.18. The van der Waals surface area contributed by atoms with Crippen LogP contribution in [-0.4, -0.2) is 35.0 Å². The monoisotopic (exact) mass is 406 g/mol. The fourth-order valence-electron chi connectivity index (χ4n) is 2.46. The number of benzene rings is 2. The molecule has 0 saturated carbocycles. The minimum atomic E-state index is -1.27. The highest BCUT2D eigenvalue weighted by Crippen LogP contribution is 2.31. The molecule has 3 rings (SSSR count). The lowest BCUT2D eigenvalue weighted by atomic mass is 10.2. The standard InChI is InChI=1S/C19H13F3N2O3S/c20-12-6-4-11(5-7-12)10-15-18(26)24(19(27)28-15)9-8-23-17(25)13-2-1-3-14(21)16(13)22/h1-7,10H,8-9H2,(H,23,25)/b15-10+. The first-order valence-electron chi connectivity index (χ1n) is 8.10. The van der Waals surface area contributed by atoms with Gasteiger partial charge in [-0.3, -0.25) is 19.3 Å². The van der Waals surface area contributed by atoms with E-state index in [1.807, 2.05) is 0 Å². The van der Waals surface area contributed by atoms with E-state index in [9.17, 15) is 27.6 Å². The molecule has 0 bridgehead atoms. The van der Waals surface area contributed by atoms with Crippen molar-refractivity contribution < 1.29 is 27.6 Å². The maximum atomic E-state index is 13.6. The van der Waals surface area contributed by atoms with Crippen LogP contribution in [0.4, 0.5) is 18.0 Å². The zero-order chi connectivity index (χ0) is 20.3. The summed E-state index contributed by atoms with van der Waals surface area (Å²) in [6, 6.07) is 8.62. The Balaban J connectivity index is 1.61. The van der Waals surface area contributed by atoms with Crippen molar-refractivity contribution in [1.29, 1.82) is 0 Å². The molecule has 5 nitrogen and oxygen atoms in total. The van der Waals surface area contributed by atoms with Gasteiger partial charge in [-0.1, -0.05) is 18.2 Å².